The van der Waals surface area contributed by atoms with Gasteiger partial charge in [-0.15, -0.1) is 0 Å². The lowest BCUT2D eigenvalue weighted by Crippen LogP contribution is -2.34. The molecule has 2 amide bonds. The van der Waals surface area contributed by atoms with Crippen LogP contribution in [0.4, 0.5) is 0 Å². The molecule has 0 aliphatic rings. The first-order chi connectivity index (χ1) is 11.0. The summed E-state index contributed by atoms with van der Waals surface area (Å²) in [6.07, 6.45) is 1.14. The Hall–Kier alpha value is -2.08. The number of carbonyl (C=O) groups is 2. The number of furan rings is 1. The molecule has 0 fully saturated rings. The van der Waals surface area contributed by atoms with Gasteiger partial charge in [0.05, 0.1) is 0 Å². The van der Waals surface area contributed by atoms with Crippen LogP contribution in [0.3, 0.4) is 0 Å². The summed E-state index contributed by atoms with van der Waals surface area (Å²) in [7, 11) is 0. The molecule has 5 nitrogen and oxygen atoms in total. The summed E-state index contributed by atoms with van der Waals surface area (Å²) in [5.74, 6) is -0.0901. The summed E-state index contributed by atoms with van der Waals surface area (Å²) in [6.45, 7) is 2.78. The first kappa shape index (κ1) is 17.3. The van der Waals surface area contributed by atoms with Crippen molar-refractivity contribution in [3.63, 3.8) is 0 Å². The Morgan fingerprint density at radius 1 is 1.04 bits per heavy atom. The van der Waals surface area contributed by atoms with Crippen LogP contribution in [-0.2, 0) is 11.2 Å². The topological polar surface area (TPSA) is 71.3 Å². The molecule has 0 bridgehead atoms. The van der Waals surface area contributed by atoms with Crippen molar-refractivity contribution >= 4 is 27.7 Å². The van der Waals surface area contributed by atoms with Crippen molar-refractivity contribution in [2.45, 2.75) is 19.8 Å². The first-order valence-corrected chi connectivity index (χ1v) is 8.19. The minimum atomic E-state index is -0.301. The maximum Gasteiger partial charge on any atom is 0.287 e. The highest BCUT2D eigenvalue weighted by Crippen LogP contribution is 2.13. The highest BCUT2D eigenvalue weighted by molar-refractivity contribution is 9.10. The quantitative estimate of drug-likeness (QED) is 0.727. The third-order valence-corrected chi connectivity index (χ3v) is 3.72. The molecule has 2 N–H and O–H groups in total. The minimum Gasteiger partial charge on any atom is -0.444 e. The zero-order valence-corrected chi connectivity index (χ0v) is 14.5. The van der Waals surface area contributed by atoms with Gasteiger partial charge in [-0.1, -0.05) is 29.8 Å². The van der Waals surface area contributed by atoms with Crippen molar-refractivity contribution in [2.75, 3.05) is 13.1 Å². The third kappa shape index (κ3) is 5.90. The van der Waals surface area contributed by atoms with Crippen molar-refractivity contribution in [3.05, 3.63) is 58.0 Å². The number of rotatable bonds is 7. The van der Waals surface area contributed by atoms with E-state index in [-0.39, 0.29) is 17.6 Å². The Morgan fingerprint density at radius 2 is 1.74 bits per heavy atom. The van der Waals surface area contributed by atoms with Crippen molar-refractivity contribution in [1.82, 2.24) is 10.6 Å². The Kier molecular flexibility index (Phi) is 6.40. The van der Waals surface area contributed by atoms with E-state index in [0.717, 1.165) is 5.56 Å². The van der Waals surface area contributed by atoms with Gasteiger partial charge in [0.1, 0.15) is 0 Å². The molecule has 0 aliphatic heterocycles. The number of carbonyl (C=O) groups excluding carboxylic acids is 2. The van der Waals surface area contributed by atoms with E-state index in [9.17, 15) is 9.59 Å². The SMILES string of the molecule is Cc1ccc(CCC(=O)NCCNC(=O)c2ccc(Br)o2)cc1. The lowest BCUT2D eigenvalue weighted by Gasteiger charge is -2.06. The van der Waals surface area contributed by atoms with Crippen LogP contribution in [0.25, 0.3) is 0 Å². The van der Waals surface area contributed by atoms with Gasteiger partial charge in [0.25, 0.3) is 5.91 Å². The van der Waals surface area contributed by atoms with Gasteiger partial charge in [-0.3, -0.25) is 9.59 Å². The number of benzene rings is 1. The molecule has 0 saturated heterocycles. The molecule has 1 aromatic heterocycles. The van der Waals surface area contributed by atoms with Gasteiger partial charge in [0.15, 0.2) is 10.4 Å². The van der Waals surface area contributed by atoms with Crippen LogP contribution in [0.15, 0.2) is 45.5 Å². The summed E-state index contributed by atoms with van der Waals surface area (Å²) in [5, 5.41) is 5.46. The number of amides is 2. The van der Waals surface area contributed by atoms with Crippen LogP contribution in [0.2, 0.25) is 0 Å². The molecule has 6 heteroatoms. The van der Waals surface area contributed by atoms with Crippen LogP contribution in [0.5, 0.6) is 0 Å². The fourth-order valence-corrected chi connectivity index (χ4v) is 2.31. The Bertz CT molecular complexity index is 665. The fourth-order valence-electron chi connectivity index (χ4n) is 2.00. The van der Waals surface area contributed by atoms with Crippen molar-refractivity contribution in [2.24, 2.45) is 0 Å². The predicted octanol–water partition coefficient (Wildman–Crippen LogP) is 2.83. The van der Waals surface area contributed by atoms with E-state index in [1.807, 2.05) is 31.2 Å². The zero-order valence-electron chi connectivity index (χ0n) is 12.9. The standard InChI is InChI=1S/C17H19BrN2O3/c1-12-2-4-13(5-3-12)6-9-16(21)19-10-11-20-17(22)14-7-8-15(18)23-14/h2-5,7-8H,6,9-11H2,1H3,(H,19,21)(H,20,22). The number of hydrogen-bond acceptors (Lipinski definition) is 3. The van der Waals surface area contributed by atoms with Crippen LogP contribution < -0.4 is 10.6 Å². The van der Waals surface area contributed by atoms with E-state index >= 15 is 0 Å². The molecule has 1 aromatic carbocycles. The first-order valence-electron chi connectivity index (χ1n) is 7.40. The molecular weight excluding hydrogens is 360 g/mol. The summed E-state index contributed by atoms with van der Waals surface area (Å²) in [5.41, 5.74) is 2.35. The van der Waals surface area contributed by atoms with Crippen LogP contribution in [0.1, 0.15) is 28.1 Å². The second-order valence-corrected chi connectivity index (χ2v) is 5.98. The molecule has 2 rings (SSSR count). The van der Waals surface area contributed by atoms with Gasteiger partial charge in [-0.2, -0.15) is 0 Å². The van der Waals surface area contributed by atoms with Gasteiger partial charge in [0, 0.05) is 19.5 Å². The third-order valence-electron chi connectivity index (χ3n) is 3.29. The second-order valence-electron chi connectivity index (χ2n) is 5.20. The summed E-state index contributed by atoms with van der Waals surface area (Å²) < 4.78 is 5.64. The van der Waals surface area contributed by atoms with E-state index in [4.69, 9.17) is 4.42 Å². The zero-order chi connectivity index (χ0) is 16.7. The summed E-state index contributed by atoms with van der Waals surface area (Å²) in [4.78, 5) is 23.5. The molecular formula is C17H19BrN2O3. The lowest BCUT2D eigenvalue weighted by atomic mass is 10.1. The average molecular weight is 379 g/mol. The normalized spacial score (nSPS) is 10.3. The van der Waals surface area contributed by atoms with E-state index in [1.165, 1.54) is 5.56 Å². The van der Waals surface area contributed by atoms with E-state index in [1.54, 1.807) is 12.1 Å². The number of halogens is 1. The van der Waals surface area contributed by atoms with Crippen LogP contribution in [-0.4, -0.2) is 24.9 Å². The smallest absolute Gasteiger partial charge is 0.287 e. The van der Waals surface area contributed by atoms with Crippen LogP contribution >= 0.6 is 15.9 Å². The van der Waals surface area contributed by atoms with Crippen molar-refractivity contribution < 1.29 is 14.0 Å². The summed E-state index contributed by atoms with van der Waals surface area (Å²) in [6, 6.07) is 11.4. The number of hydrogen-bond donors (Lipinski definition) is 2. The molecule has 0 atom stereocenters. The Labute approximate surface area is 143 Å². The molecule has 0 spiro atoms. The molecule has 0 saturated carbocycles. The van der Waals surface area contributed by atoms with Crippen molar-refractivity contribution in [3.8, 4) is 0 Å². The van der Waals surface area contributed by atoms with Gasteiger partial charge in [-0.05, 0) is 47.0 Å². The monoisotopic (exact) mass is 378 g/mol. The van der Waals surface area contributed by atoms with E-state index < -0.39 is 0 Å². The largest absolute Gasteiger partial charge is 0.444 e. The fraction of sp³-hybridized carbons (Fsp3) is 0.294. The molecule has 23 heavy (non-hydrogen) atoms. The average Bonchev–Trinajstić information content (AvgIpc) is 2.97. The van der Waals surface area contributed by atoms with Gasteiger partial charge in [0.2, 0.25) is 5.91 Å². The lowest BCUT2D eigenvalue weighted by molar-refractivity contribution is -0.121. The van der Waals surface area contributed by atoms with Gasteiger partial charge < -0.3 is 15.1 Å². The molecule has 0 aliphatic carbocycles. The van der Waals surface area contributed by atoms with Crippen molar-refractivity contribution in [1.29, 1.82) is 0 Å². The molecule has 0 unspecified atom stereocenters. The second kappa shape index (κ2) is 8.53. The minimum absolute atomic E-state index is 0.0273. The maximum absolute atomic E-state index is 11.8. The Morgan fingerprint density at radius 3 is 2.39 bits per heavy atom. The molecule has 0 radical (unpaired) electrons. The highest BCUT2D eigenvalue weighted by atomic mass is 79.9. The highest BCUT2D eigenvalue weighted by Gasteiger charge is 2.09. The van der Waals surface area contributed by atoms with E-state index in [0.29, 0.717) is 30.6 Å². The number of aryl methyl sites for hydroxylation is 2. The molecule has 122 valence electrons. The van der Waals surface area contributed by atoms with E-state index in [2.05, 4.69) is 26.6 Å². The Balaban J connectivity index is 1.61. The predicted molar refractivity (Wildman–Crippen MR) is 91.3 cm³/mol. The number of nitrogens with one attached hydrogen (secondary N) is 2. The molecule has 1 heterocycles. The van der Waals surface area contributed by atoms with Gasteiger partial charge >= 0.3 is 0 Å². The van der Waals surface area contributed by atoms with Gasteiger partial charge in [-0.25, -0.2) is 0 Å². The summed E-state index contributed by atoms with van der Waals surface area (Å²) >= 11 is 3.14. The molecule has 2 aromatic rings. The maximum atomic E-state index is 11.8. The van der Waals surface area contributed by atoms with Crippen LogP contribution in [0, 0.1) is 6.92 Å².